The molecule has 1 saturated heterocycles. The second kappa shape index (κ2) is 6.17. The molecule has 0 aromatic carbocycles. The Kier molecular flexibility index (Phi) is 4.38. The third kappa shape index (κ3) is 3.70. The van der Waals surface area contributed by atoms with Crippen LogP contribution < -0.4 is 0 Å². The second-order valence-corrected chi connectivity index (χ2v) is 7.13. The van der Waals surface area contributed by atoms with Gasteiger partial charge in [-0.25, -0.2) is 9.97 Å². The molecule has 126 valence electrons. The van der Waals surface area contributed by atoms with Gasteiger partial charge >= 0.3 is 0 Å². The summed E-state index contributed by atoms with van der Waals surface area (Å²) < 4.78 is 11.2. The molecule has 1 aromatic heterocycles. The lowest BCUT2D eigenvalue weighted by atomic mass is 10.0. The molecule has 1 aliphatic heterocycles. The number of morpholine rings is 1. The SMILES string of the molecule is COC[C@@H]1CN(C(=O)c2cnc(C)nc2C2CC2)CC(C)(C)O1. The van der Waals surface area contributed by atoms with Crippen LogP contribution in [-0.2, 0) is 9.47 Å². The molecule has 2 aliphatic rings. The van der Waals surface area contributed by atoms with Crippen molar-refractivity contribution in [3.8, 4) is 0 Å². The molecular weight excluding hydrogens is 294 g/mol. The number of amides is 1. The Hall–Kier alpha value is -1.53. The van der Waals surface area contributed by atoms with Gasteiger partial charge in [0.25, 0.3) is 5.91 Å². The zero-order chi connectivity index (χ0) is 16.6. The Balaban J connectivity index is 1.84. The molecule has 1 atom stereocenters. The number of hydrogen-bond donors (Lipinski definition) is 0. The molecule has 2 fully saturated rings. The lowest BCUT2D eigenvalue weighted by molar-refractivity contribution is -0.143. The highest BCUT2D eigenvalue weighted by molar-refractivity contribution is 5.95. The molecular formula is C17H25N3O3. The largest absolute Gasteiger partial charge is 0.382 e. The topological polar surface area (TPSA) is 64.5 Å². The summed E-state index contributed by atoms with van der Waals surface area (Å²) in [5.74, 6) is 1.15. The summed E-state index contributed by atoms with van der Waals surface area (Å²) in [6, 6.07) is 0. The zero-order valence-electron chi connectivity index (χ0n) is 14.3. The fourth-order valence-electron chi connectivity index (χ4n) is 3.21. The molecule has 6 nitrogen and oxygen atoms in total. The average Bonchev–Trinajstić information content (AvgIpc) is 3.29. The Labute approximate surface area is 137 Å². The first kappa shape index (κ1) is 16.3. The molecule has 2 heterocycles. The van der Waals surface area contributed by atoms with Crippen molar-refractivity contribution < 1.29 is 14.3 Å². The number of rotatable bonds is 4. The van der Waals surface area contributed by atoms with E-state index < -0.39 is 0 Å². The Morgan fingerprint density at radius 2 is 2.22 bits per heavy atom. The van der Waals surface area contributed by atoms with E-state index in [1.165, 1.54) is 0 Å². The van der Waals surface area contributed by atoms with Gasteiger partial charge in [0.2, 0.25) is 0 Å². The summed E-state index contributed by atoms with van der Waals surface area (Å²) in [5, 5.41) is 0. The standard InChI is InChI=1S/C17H25N3O3/c1-11-18-7-14(15(19-11)12-5-6-12)16(21)20-8-13(9-22-4)23-17(2,3)10-20/h7,12-13H,5-6,8-10H2,1-4H3/t13-/m0/s1. The van der Waals surface area contributed by atoms with E-state index in [1.54, 1.807) is 13.3 Å². The first-order valence-corrected chi connectivity index (χ1v) is 8.19. The summed E-state index contributed by atoms with van der Waals surface area (Å²) in [5.41, 5.74) is 1.17. The molecule has 1 aromatic rings. The van der Waals surface area contributed by atoms with E-state index in [-0.39, 0.29) is 17.6 Å². The van der Waals surface area contributed by atoms with Gasteiger partial charge in [-0.05, 0) is 33.6 Å². The van der Waals surface area contributed by atoms with E-state index in [9.17, 15) is 4.79 Å². The summed E-state index contributed by atoms with van der Waals surface area (Å²) >= 11 is 0. The molecule has 0 N–H and O–H groups in total. The lowest BCUT2D eigenvalue weighted by Gasteiger charge is -2.42. The molecule has 6 heteroatoms. The predicted octanol–water partition coefficient (Wildman–Crippen LogP) is 1.93. The van der Waals surface area contributed by atoms with Crippen molar-refractivity contribution in [3.05, 3.63) is 23.3 Å². The maximum Gasteiger partial charge on any atom is 0.257 e. The highest BCUT2D eigenvalue weighted by Crippen LogP contribution is 2.40. The van der Waals surface area contributed by atoms with Gasteiger partial charge in [-0.15, -0.1) is 0 Å². The average molecular weight is 319 g/mol. The number of aryl methyl sites for hydroxylation is 1. The van der Waals surface area contributed by atoms with E-state index in [0.717, 1.165) is 24.4 Å². The van der Waals surface area contributed by atoms with Crippen LogP contribution in [0.2, 0.25) is 0 Å². The minimum absolute atomic E-state index is 0.00405. The van der Waals surface area contributed by atoms with Crippen molar-refractivity contribution in [2.45, 2.75) is 51.2 Å². The van der Waals surface area contributed by atoms with Gasteiger partial charge < -0.3 is 14.4 Å². The van der Waals surface area contributed by atoms with Crippen LogP contribution in [0.1, 0.15) is 54.5 Å². The number of hydrogen-bond acceptors (Lipinski definition) is 5. The van der Waals surface area contributed by atoms with Crippen molar-refractivity contribution in [3.63, 3.8) is 0 Å². The number of carbonyl (C=O) groups is 1. The van der Waals surface area contributed by atoms with Gasteiger partial charge in [-0.3, -0.25) is 4.79 Å². The fourth-order valence-corrected chi connectivity index (χ4v) is 3.21. The van der Waals surface area contributed by atoms with Crippen LogP contribution in [0.15, 0.2) is 6.20 Å². The van der Waals surface area contributed by atoms with Crippen molar-refractivity contribution in [1.29, 1.82) is 0 Å². The number of aromatic nitrogens is 2. The van der Waals surface area contributed by atoms with Gasteiger partial charge in [-0.1, -0.05) is 0 Å². The van der Waals surface area contributed by atoms with Crippen LogP contribution in [0.25, 0.3) is 0 Å². The molecule has 0 bridgehead atoms. The van der Waals surface area contributed by atoms with Crippen LogP contribution in [0, 0.1) is 6.92 Å². The van der Waals surface area contributed by atoms with Gasteiger partial charge in [0.05, 0.1) is 29.6 Å². The number of carbonyl (C=O) groups excluding carboxylic acids is 1. The van der Waals surface area contributed by atoms with Crippen molar-refractivity contribution in [1.82, 2.24) is 14.9 Å². The highest BCUT2D eigenvalue weighted by Gasteiger charge is 2.38. The van der Waals surface area contributed by atoms with Crippen molar-refractivity contribution in [2.75, 3.05) is 26.8 Å². The summed E-state index contributed by atoms with van der Waals surface area (Å²) in [7, 11) is 1.65. The van der Waals surface area contributed by atoms with Gasteiger partial charge in [0.15, 0.2) is 0 Å². The molecule has 3 rings (SSSR count). The summed E-state index contributed by atoms with van der Waals surface area (Å²) in [6.45, 7) is 7.45. The highest BCUT2D eigenvalue weighted by atomic mass is 16.5. The van der Waals surface area contributed by atoms with Crippen LogP contribution in [0.4, 0.5) is 0 Å². The maximum atomic E-state index is 13.1. The normalized spacial score (nSPS) is 23.8. The summed E-state index contributed by atoms with van der Waals surface area (Å²) in [6.07, 6.45) is 3.80. The van der Waals surface area contributed by atoms with Gasteiger partial charge in [0.1, 0.15) is 5.82 Å². The first-order chi connectivity index (χ1) is 10.9. The summed E-state index contributed by atoms with van der Waals surface area (Å²) in [4.78, 5) is 23.7. The van der Waals surface area contributed by atoms with E-state index in [1.807, 2.05) is 25.7 Å². The molecule has 0 radical (unpaired) electrons. The van der Waals surface area contributed by atoms with E-state index in [0.29, 0.717) is 31.2 Å². The minimum Gasteiger partial charge on any atom is -0.382 e. The van der Waals surface area contributed by atoms with Crippen LogP contribution >= 0.6 is 0 Å². The molecule has 0 spiro atoms. The van der Waals surface area contributed by atoms with Gasteiger partial charge in [-0.2, -0.15) is 0 Å². The second-order valence-electron chi connectivity index (χ2n) is 7.13. The molecule has 1 aliphatic carbocycles. The Bertz CT molecular complexity index is 599. The predicted molar refractivity (Wildman–Crippen MR) is 85.5 cm³/mol. The number of ether oxygens (including phenoxy) is 2. The third-order valence-corrected chi connectivity index (χ3v) is 4.25. The molecule has 1 saturated carbocycles. The molecule has 0 unspecified atom stereocenters. The van der Waals surface area contributed by atoms with E-state index in [2.05, 4.69) is 9.97 Å². The fraction of sp³-hybridized carbons (Fsp3) is 0.706. The first-order valence-electron chi connectivity index (χ1n) is 8.19. The monoisotopic (exact) mass is 319 g/mol. The van der Waals surface area contributed by atoms with Crippen LogP contribution in [-0.4, -0.2) is 59.3 Å². The van der Waals surface area contributed by atoms with Crippen molar-refractivity contribution >= 4 is 5.91 Å². The quantitative estimate of drug-likeness (QED) is 0.848. The smallest absolute Gasteiger partial charge is 0.257 e. The number of nitrogens with zero attached hydrogens (tertiary/aromatic N) is 3. The molecule has 23 heavy (non-hydrogen) atoms. The zero-order valence-corrected chi connectivity index (χ0v) is 14.3. The van der Waals surface area contributed by atoms with Gasteiger partial charge in [0, 0.05) is 32.3 Å². The molecule has 1 amide bonds. The number of methoxy groups -OCH3 is 1. The third-order valence-electron chi connectivity index (χ3n) is 4.25. The Morgan fingerprint density at radius 3 is 2.87 bits per heavy atom. The van der Waals surface area contributed by atoms with Crippen LogP contribution in [0.5, 0.6) is 0 Å². The van der Waals surface area contributed by atoms with E-state index in [4.69, 9.17) is 9.47 Å². The van der Waals surface area contributed by atoms with Crippen LogP contribution in [0.3, 0.4) is 0 Å². The van der Waals surface area contributed by atoms with E-state index >= 15 is 0 Å². The maximum absolute atomic E-state index is 13.1. The Morgan fingerprint density at radius 1 is 1.48 bits per heavy atom. The lowest BCUT2D eigenvalue weighted by Crippen LogP contribution is -2.55. The minimum atomic E-state index is -0.387. The van der Waals surface area contributed by atoms with Crippen molar-refractivity contribution in [2.24, 2.45) is 0 Å².